The molecule has 0 spiro atoms. The molecule has 1 fully saturated rings. The average molecular weight is 283 g/mol. The molecule has 0 bridgehead atoms. The maximum absolute atomic E-state index is 6.03. The van der Waals surface area contributed by atoms with Gasteiger partial charge < -0.3 is 15.8 Å². The third kappa shape index (κ3) is 3.85. The standard InChI is InChI=1S/C15H23ClN2O/c1-2-4-14-10-15(11-17,7-8-19-14)18-13-6-3-5-12(16)9-13/h3,5-6,9,14,18H,2,4,7-8,10-11,17H2,1H3. The minimum atomic E-state index is -0.0667. The summed E-state index contributed by atoms with van der Waals surface area (Å²) in [6.45, 7) is 3.57. The van der Waals surface area contributed by atoms with E-state index >= 15 is 0 Å². The first-order valence-corrected chi connectivity index (χ1v) is 7.41. The second-order valence-electron chi connectivity index (χ2n) is 5.36. The van der Waals surface area contributed by atoms with Crippen molar-refractivity contribution < 1.29 is 4.74 Å². The van der Waals surface area contributed by atoms with E-state index in [1.807, 2.05) is 24.3 Å². The first-order valence-electron chi connectivity index (χ1n) is 7.03. The zero-order valence-corrected chi connectivity index (χ0v) is 12.2. The van der Waals surface area contributed by atoms with Crippen LogP contribution in [0, 0.1) is 0 Å². The van der Waals surface area contributed by atoms with Crippen molar-refractivity contribution in [3.05, 3.63) is 29.3 Å². The van der Waals surface area contributed by atoms with Crippen LogP contribution >= 0.6 is 11.6 Å². The third-order valence-electron chi connectivity index (χ3n) is 3.79. The van der Waals surface area contributed by atoms with E-state index in [1.54, 1.807) is 0 Å². The van der Waals surface area contributed by atoms with Crippen LogP contribution in [0.2, 0.25) is 5.02 Å². The zero-order valence-electron chi connectivity index (χ0n) is 11.5. The smallest absolute Gasteiger partial charge is 0.0597 e. The quantitative estimate of drug-likeness (QED) is 0.870. The summed E-state index contributed by atoms with van der Waals surface area (Å²) in [6, 6.07) is 7.82. The number of hydrogen-bond acceptors (Lipinski definition) is 3. The van der Waals surface area contributed by atoms with E-state index in [9.17, 15) is 0 Å². The Morgan fingerprint density at radius 3 is 3.05 bits per heavy atom. The SMILES string of the molecule is CCCC1CC(CN)(Nc2cccc(Cl)c2)CCO1. The van der Waals surface area contributed by atoms with Gasteiger partial charge >= 0.3 is 0 Å². The molecule has 1 aliphatic rings. The van der Waals surface area contributed by atoms with Gasteiger partial charge in [-0.2, -0.15) is 0 Å². The maximum Gasteiger partial charge on any atom is 0.0597 e. The monoisotopic (exact) mass is 282 g/mol. The molecule has 3 N–H and O–H groups in total. The fraction of sp³-hybridized carbons (Fsp3) is 0.600. The topological polar surface area (TPSA) is 47.3 Å². The van der Waals surface area contributed by atoms with Gasteiger partial charge in [-0.3, -0.25) is 0 Å². The van der Waals surface area contributed by atoms with Gasteiger partial charge in [-0.05, 0) is 37.5 Å². The Balaban J connectivity index is 2.09. The lowest BCUT2D eigenvalue weighted by atomic mass is 9.85. The van der Waals surface area contributed by atoms with Gasteiger partial charge in [0.15, 0.2) is 0 Å². The molecular formula is C15H23ClN2O. The molecule has 1 aromatic rings. The lowest BCUT2D eigenvalue weighted by Gasteiger charge is -2.41. The summed E-state index contributed by atoms with van der Waals surface area (Å²) in [5, 5.41) is 4.33. The molecule has 1 saturated heterocycles. The number of hydrogen-bond donors (Lipinski definition) is 2. The summed E-state index contributed by atoms with van der Waals surface area (Å²) in [5.74, 6) is 0. The van der Waals surface area contributed by atoms with Gasteiger partial charge in [0.2, 0.25) is 0 Å². The van der Waals surface area contributed by atoms with E-state index in [1.165, 1.54) is 0 Å². The molecule has 2 atom stereocenters. The largest absolute Gasteiger partial charge is 0.378 e. The van der Waals surface area contributed by atoms with Gasteiger partial charge in [0.05, 0.1) is 11.6 Å². The van der Waals surface area contributed by atoms with Gasteiger partial charge in [0.25, 0.3) is 0 Å². The highest BCUT2D eigenvalue weighted by molar-refractivity contribution is 6.30. The number of nitrogens with two attached hydrogens (primary N) is 1. The van der Waals surface area contributed by atoms with Crippen LogP contribution in [-0.2, 0) is 4.74 Å². The molecule has 2 rings (SSSR count). The maximum atomic E-state index is 6.03. The number of ether oxygens (including phenoxy) is 1. The predicted molar refractivity (Wildman–Crippen MR) is 80.7 cm³/mol. The van der Waals surface area contributed by atoms with E-state index in [-0.39, 0.29) is 5.54 Å². The Bertz CT molecular complexity index is 411. The molecule has 106 valence electrons. The van der Waals surface area contributed by atoms with Gasteiger partial charge in [-0.15, -0.1) is 0 Å². The van der Waals surface area contributed by atoms with Crippen LogP contribution in [0.1, 0.15) is 32.6 Å². The van der Waals surface area contributed by atoms with Crippen molar-refractivity contribution >= 4 is 17.3 Å². The van der Waals surface area contributed by atoms with Crippen molar-refractivity contribution in [2.75, 3.05) is 18.5 Å². The van der Waals surface area contributed by atoms with Crippen molar-refractivity contribution in [1.29, 1.82) is 0 Å². The van der Waals surface area contributed by atoms with Crippen LogP contribution in [0.3, 0.4) is 0 Å². The molecule has 4 heteroatoms. The number of rotatable bonds is 5. The zero-order chi connectivity index (χ0) is 13.7. The van der Waals surface area contributed by atoms with Gasteiger partial charge in [0, 0.05) is 23.9 Å². The number of nitrogens with one attached hydrogen (secondary N) is 1. The average Bonchev–Trinajstić information content (AvgIpc) is 2.39. The highest BCUT2D eigenvalue weighted by Gasteiger charge is 2.35. The lowest BCUT2D eigenvalue weighted by Crippen LogP contribution is -2.52. The Labute approximate surface area is 120 Å². The van der Waals surface area contributed by atoms with Crippen molar-refractivity contribution in [2.45, 2.75) is 44.2 Å². The molecule has 19 heavy (non-hydrogen) atoms. The second-order valence-corrected chi connectivity index (χ2v) is 5.79. The summed E-state index contributed by atoms with van der Waals surface area (Å²) < 4.78 is 5.82. The first-order chi connectivity index (χ1) is 9.17. The third-order valence-corrected chi connectivity index (χ3v) is 4.02. The van der Waals surface area contributed by atoms with Crippen LogP contribution in [0.4, 0.5) is 5.69 Å². The van der Waals surface area contributed by atoms with E-state index in [0.29, 0.717) is 12.6 Å². The fourth-order valence-corrected chi connectivity index (χ4v) is 2.94. The Morgan fingerprint density at radius 2 is 2.37 bits per heavy atom. The van der Waals surface area contributed by atoms with Crippen molar-refractivity contribution in [3.8, 4) is 0 Å². The Hall–Kier alpha value is -0.770. The molecule has 0 radical (unpaired) electrons. The van der Waals surface area contributed by atoms with Crippen LogP contribution in [0.15, 0.2) is 24.3 Å². The molecule has 0 saturated carbocycles. The van der Waals surface area contributed by atoms with Gasteiger partial charge in [0.1, 0.15) is 0 Å². The van der Waals surface area contributed by atoms with E-state index < -0.39 is 0 Å². The molecule has 0 aromatic heterocycles. The number of anilines is 1. The molecule has 0 amide bonds. The summed E-state index contributed by atoms with van der Waals surface area (Å²) in [4.78, 5) is 0. The van der Waals surface area contributed by atoms with Crippen molar-refractivity contribution in [1.82, 2.24) is 0 Å². The van der Waals surface area contributed by atoms with Crippen molar-refractivity contribution in [3.63, 3.8) is 0 Å². The highest BCUT2D eigenvalue weighted by Crippen LogP contribution is 2.30. The molecule has 0 aliphatic carbocycles. The molecule has 1 heterocycles. The number of benzene rings is 1. The highest BCUT2D eigenvalue weighted by atomic mass is 35.5. The molecule has 1 aliphatic heterocycles. The van der Waals surface area contributed by atoms with Crippen LogP contribution in [-0.4, -0.2) is 24.8 Å². The Morgan fingerprint density at radius 1 is 1.53 bits per heavy atom. The molecule has 1 aromatic carbocycles. The minimum Gasteiger partial charge on any atom is -0.378 e. The molecular weight excluding hydrogens is 260 g/mol. The first kappa shape index (κ1) is 14.6. The summed E-state index contributed by atoms with van der Waals surface area (Å²) in [6.07, 6.45) is 4.45. The minimum absolute atomic E-state index is 0.0667. The van der Waals surface area contributed by atoms with E-state index in [2.05, 4.69) is 12.2 Å². The summed E-state index contributed by atoms with van der Waals surface area (Å²) in [7, 11) is 0. The van der Waals surface area contributed by atoms with Gasteiger partial charge in [-0.1, -0.05) is 31.0 Å². The van der Waals surface area contributed by atoms with E-state index in [4.69, 9.17) is 22.1 Å². The van der Waals surface area contributed by atoms with Crippen LogP contribution in [0.5, 0.6) is 0 Å². The van der Waals surface area contributed by atoms with Crippen LogP contribution in [0.25, 0.3) is 0 Å². The van der Waals surface area contributed by atoms with Gasteiger partial charge in [-0.25, -0.2) is 0 Å². The Kier molecular flexibility index (Phi) is 5.08. The molecule has 3 nitrogen and oxygen atoms in total. The normalized spacial score (nSPS) is 27.2. The fourth-order valence-electron chi connectivity index (χ4n) is 2.75. The van der Waals surface area contributed by atoms with E-state index in [0.717, 1.165) is 43.0 Å². The predicted octanol–water partition coefficient (Wildman–Crippen LogP) is 3.43. The second kappa shape index (κ2) is 6.60. The summed E-state index contributed by atoms with van der Waals surface area (Å²) >= 11 is 6.03. The summed E-state index contributed by atoms with van der Waals surface area (Å²) in [5.41, 5.74) is 7.00. The molecule has 2 unspecified atom stereocenters. The van der Waals surface area contributed by atoms with Crippen molar-refractivity contribution in [2.24, 2.45) is 5.73 Å². The van der Waals surface area contributed by atoms with Crippen LogP contribution < -0.4 is 11.1 Å². The number of halogens is 1. The lowest BCUT2D eigenvalue weighted by molar-refractivity contribution is -0.0155.